The summed E-state index contributed by atoms with van der Waals surface area (Å²) in [6.45, 7) is 0. The first kappa shape index (κ1) is 10.3. The summed E-state index contributed by atoms with van der Waals surface area (Å²) >= 11 is 0. The first-order chi connectivity index (χ1) is 8.43. The van der Waals surface area contributed by atoms with E-state index in [1.54, 1.807) is 0 Å². The molecule has 0 radical (unpaired) electrons. The van der Waals surface area contributed by atoms with Gasteiger partial charge >= 0.3 is 0 Å². The summed E-state index contributed by atoms with van der Waals surface area (Å²) in [6.07, 6.45) is 6.17. The van der Waals surface area contributed by atoms with Gasteiger partial charge in [-0.05, 0) is 41.5 Å². The zero-order valence-electron chi connectivity index (χ0n) is 9.89. The molecule has 0 aliphatic heterocycles. The first-order valence-electron chi connectivity index (χ1n) is 6.28. The van der Waals surface area contributed by atoms with E-state index in [2.05, 4.69) is 60.7 Å². The Morgan fingerprint density at radius 3 is 1.94 bits per heavy atom. The number of hydrogen-bond donors (Lipinski definition) is 0. The lowest BCUT2D eigenvalue weighted by Crippen LogP contribution is -1.82. The number of rotatable bonds is 2. The van der Waals surface area contributed by atoms with Crippen LogP contribution in [0.25, 0.3) is 16.7 Å². The van der Waals surface area contributed by atoms with Gasteiger partial charge in [0.05, 0.1) is 0 Å². The average Bonchev–Trinajstić information content (AvgIpc) is 2.94. The van der Waals surface area contributed by atoms with Crippen molar-refractivity contribution < 1.29 is 0 Å². The molecule has 0 N–H and O–H groups in total. The van der Waals surface area contributed by atoms with Crippen LogP contribution >= 0.6 is 0 Å². The molecule has 0 amide bonds. The molecule has 0 atom stereocenters. The van der Waals surface area contributed by atoms with E-state index in [4.69, 9.17) is 0 Å². The fraction of sp³-hybridized carbons (Fsp3) is 0.176. The van der Waals surface area contributed by atoms with Crippen LogP contribution in [0.2, 0.25) is 0 Å². The molecular formula is C17H16. The van der Waals surface area contributed by atoms with Crippen molar-refractivity contribution in [1.82, 2.24) is 0 Å². The van der Waals surface area contributed by atoms with Crippen molar-refractivity contribution in [3.05, 3.63) is 66.2 Å². The second kappa shape index (κ2) is 4.58. The Bertz CT molecular complexity index is 518. The van der Waals surface area contributed by atoms with E-state index in [0.29, 0.717) is 0 Å². The van der Waals surface area contributed by atoms with E-state index < -0.39 is 0 Å². The maximum atomic E-state index is 2.37. The van der Waals surface area contributed by atoms with Gasteiger partial charge in [0.25, 0.3) is 0 Å². The lowest BCUT2D eigenvalue weighted by molar-refractivity contribution is 0.935. The minimum atomic E-state index is 1.24. The largest absolute Gasteiger partial charge is 0.0807 e. The minimum absolute atomic E-state index is 1.24. The number of hydrogen-bond acceptors (Lipinski definition) is 0. The van der Waals surface area contributed by atoms with Crippen molar-refractivity contribution in [2.24, 2.45) is 0 Å². The molecule has 0 unspecified atom stereocenters. The zero-order chi connectivity index (χ0) is 11.5. The molecule has 2 aromatic rings. The van der Waals surface area contributed by atoms with E-state index in [-0.39, 0.29) is 0 Å². The Balaban J connectivity index is 1.90. The molecule has 0 heteroatoms. The van der Waals surface area contributed by atoms with Gasteiger partial charge in [0.2, 0.25) is 0 Å². The Morgan fingerprint density at radius 1 is 0.647 bits per heavy atom. The molecule has 17 heavy (non-hydrogen) atoms. The van der Waals surface area contributed by atoms with Gasteiger partial charge in [-0.3, -0.25) is 0 Å². The topological polar surface area (TPSA) is 0 Å². The molecular weight excluding hydrogens is 204 g/mol. The maximum absolute atomic E-state index is 2.37. The number of allylic oxidation sites excluding steroid dienone is 2. The summed E-state index contributed by atoms with van der Waals surface area (Å²) in [7, 11) is 0. The highest BCUT2D eigenvalue weighted by Gasteiger charge is 2.06. The smallest absolute Gasteiger partial charge is 0.0184 e. The van der Waals surface area contributed by atoms with Crippen LogP contribution in [-0.2, 0) is 0 Å². The third-order valence-electron chi connectivity index (χ3n) is 3.40. The normalized spacial score (nSPS) is 14.7. The highest BCUT2D eigenvalue weighted by Crippen LogP contribution is 2.29. The molecule has 0 fully saturated rings. The highest BCUT2D eigenvalue weighted by atomic mass is 14.1. The summed E-state index contributed by atoms with van der Waals surface area (Å²) in [6, 6.07) is 19.5. The molecule has 2 aromatic carbocycles. The second-order valence-corrected chi connectivity index (χ2v) is 4.56. The molecule has 0 nitrogen and oxygen atoms in total. The van der Waals surface area contributed by atoms with Crippen molar-refractivity contribution in [3.63, 3.8) is 0 Å². The van der Waals surface area contributed by atoms with E-state index in [1.807, 2.05) is 0 Å². The SMILES string of the molecule is C1=C(c2ccc(-c3ccccc3)cc2)CCC1. The minimum Gasteiger partial charge on any atom is -0.0807 e. The van der Waals surface area contributed by atoms with Gasteiger partial charge in [-0.15, -0.1) is 0 Å². The van der Waals surface area contributed by atoms with E-state index in [9.17, 15) is 0 Å². The van der Waals surface area contributed by atoms with Gasteiger partial charge in [-0.2, -0.15) is 0 Å². The monoisotopic (exact) mass is 220 g/mol. The molecule has 0 saturated carbocycles. The molecule has 0 saturated heterocycles. The average molecular weight is 220 g/mol. The van der Waals surface area contributed by atoms with E-state index in [1.165, 1.54) is 41.5 Å². The van der Waals surface area contributed by atoms with Gasteiger partial charge in [0.1, 0.15) is 0 Å². The van der Waals surface area contributed by atoms with Crippen molar-refractivity contribution >= 4 is 5.57 Å². The summed E-state index contributed by atoms with van der Waals surface area (Å²) in [5.41, 5.74) is 5.50. The quantitative estimate of drug-likeness (QED) is 0.673. The zero-order valence-corrected chi connectivity index (χ0v) is 9.89. The lowest BCUT2D eigenvalue weighted by atomic mass is 10.0. The fourth-order valence-corrected chi connectivity index (χ4v) is 2.44. The predicted molar refractivity (Wildman–Crippen MR) is 73.7 cm³/mol. The predicted octanol–water partition coefficient (Wildman–Crippen LogP) is 4.92. The number of benzene rings is 2. The Labute approximate surface area is 103 Å². The van der Waals surface area contributed by atoms with Gasteiger partial charge < -0.3 is 0 Å². The Hall–Kier alpha value is -1.82. The molecule has 3 rings (SSSR count). The Kier molecular flexibility index (Phi) is 2.79. The summed E-state index contributed by atoms with van der Waals surface area (Å²) in [5.74, 6) is 0. The molecule has 0 heterocycles. The van der Waals surface area contributed by atoms with E-state index in [0.717, 1.165) is 0 Å². The summed E-state index contributed by atoms with van der Waals surface area (Å²) in [5, 5.41) is 0. The van der Waals surface area contributed by atoms with E-state index >= 15 is 0 Å². The van der Waals surface area contributed by atoms with Crippen molar-refractivity contribution in [3.8, 4) is 11.1 Å². The first-order valence-corrected chi connectivity index (χ1v) is 6.28. The van der Waals surface area contributed by atoms with Crippen LogP contribution in [0.15, 0.2) is 60.7 Å². The van der Waals surface area contributed by atoms with Crippen molar-refractivity contribution in [2.75, 3.05) is 0 Å². The van der Waals surface area contributed by atoms with Gasteiger partial charge in [0.15, 0.2) is 0 Å². The van der Waals surface area contributed by atoms with Crippen LogP contribution in [0, 0.1) is 0 Å². The molecule has 0 spiro atoms. The fourth-order valence-electron chi connectivity index (χ4n) is 2.44. The van der Waals surface area contributed by atoms with Crippen molar-refractivity contribution in [2.45, 2.75) is 19.3 Å². The van der Waals surface area contributed by atoms with Crippen LogP contribution in [0.5, 0.6) is 0 Å². The molecule has 0 bridgehead atoms. The molecule has 1 aliphatic carbocycles. The molecule has 0 aromatic heterocycles. The van der Waals surface area contributed by atoms with Gasteiger partial charge in [-0.25, -0.2) is 0 Å². The lowest BCUT2D eigenvalue weighted by Gasteiger charge is -2.05. The van der Waals surface area contributed by atoms with Crippen LogP contribution < -0.4 is 0 Å². The third-order valence-corrected chi connectivity index (χ3v) is 3.40. The van der Waals surface area contributed by atoms with Crippen LogP contribution in [0.3, 0.4) is 0 Å². The maximum Gasteiger partial charge on any atom is -0.0184 e. The molecule has 1 aliphatic rings. The molecule has 84 valence electrons. The highest BCUT2D eigenvalue weighted by molar-refractivity contribution is 5.71. The standard InChI is InChI=1S/C17H16/c1-2-6-14(7-3-1)16-10-12-17(13-11-16)15-8-4-5-9-15/h1-3,6-8,10-13H,4-5,9H2. The Morgan fingerprint density at radius 2 is 1.29 bits per heavy atom. The van der Waals surface area contributed by atoms with Crippen LogP contribution in [0.1, 0.15) is 24.8 Å². The van der Waals surface area contributed by atoms with Gasteiger partial charge in [-0.1, -0.05) is 60.7 Å². The summed E-state index contributed by atoms with van der Waals surface area (Å²) < 4.78 is 0. The summed E-state index contributed by atoms with van der Waals surface area (Å²) in [4.78, 5) is 0. The second-order valence-electron chi connectivity index (χ2n) is 4.56. The third kappa shape index (κ3) is 2.16. The van der Waals surface area contributed by atoms with Gasteiger partial charge in [0, 0.05) is 0 Å². The van der Waals surface area contributed by atoms with Crippen LogP contribution in [0.4, 0.5) is 0 Å². The van der Waals surface area contributed by atoms with Crippen LogP contribution in [-0.4, -0.2) is 0 Å². The van der Waals surface area contributed by atoms with Crippen molar-refractivity contribution in [1.29, 1.82) is 0 Å².